The summed E-state index contributed by atoms with van der Waals surface area (Å²) >= 11 is 1.75. The molecule has 0 radical (unpaired) electrons. The fraction of sp³-hybridized carbons (Fsp3) is 0.500. The van der Waals surface area contributed by atoms with Gasteiger partial charge in [-0.25, -0.2) is 0 Å². The Hall–Kier alpha value is -0.240. The molecule has 1 unspecified atom stereocenters. The molecule has 0 saturated carbocycles. The third kappa shape index (κ3) is 1.37. The molecule has 44 valence electrons. The maximum Gasteiger partial charge on any atom is 0.0966 e. The molecule has 0 N–H and O–H groups in total. The van der Waals surface area contributed by atoms with Crippen molar-refractivity contribution in [3.05, 3.63) is 11.5 Å². The Kier molecular flexibility index (Phi) is 1.73. The minimum Gasteiger partial charge on any atom is -0.276 e. The van der Waals surface area contributed by atoms with Gasteiger partial charge >= 0.3 is 0 Å². The van der Waals surface area contributed by atoms with Crippen molar-refractivity contribution < 1.29 is 0 Å². The number of thioether (sulfide) groups is 1. The van der Waals surface area contributed by atoms with Crippen LogP contribution in [0.1, 0.15) is 13.8 Å². The first kappa shape index (κ1) is 5.89. The van der Waals surface area contributed by atoms with E-state index < -0.39 is 0 Å². The van der Waals surface area contributed by atoms with Gasteiger partial charge in [0.1, 0.15) is 0 Å². The Morgan fingerprint density at radius 2 is 2.50 bits per heavy atom. The minimum absolute atomic E-state index is 0.431. The van der Waals surface area contributed by atoms with Gasteiger partial charge in [-0.15, -0.1) is 11.8 Å². The highest BCUT2D eigenvalue weighted by Crippen LogP contribution is 2.16. The van der Waals surface area contributed by atoms with Gasteiger partial charge in [0.15, 0.2) is 0 Å². The number of allylic oxidation sites excluding steroid dienone is 1. The van der Waals surface area contributed by atoms with Crippen LogP contribution in [0, 0.1) is 0 Å². The molecule has 1 aliphatic rings. The van der Waals surface area contributed by atoms with Crippen molar-refractivity contribution in [1.29, 1.82) is 0 Å². The largest absolute Gasteiger partial charge is 0.276 e. The molecule has 0 aromatic rings. The van der Waals surface area contributed by atoms with E-state index >= 15 is 0 Å². The molecule has 1 rings (SSSR count). The summed E-state index contributed by atoms with van der Waals surface area (Å²) in [6, 6.07) is 0. The highest BCUT2D eigenvalue weighted by atomic mass is 32.2. The Morgan fingerprint density at radius 3 is 2.88 bits per heavy atom. The molecule has 0 saturated heterocycles. The maximum atomic E-state index is 4.28. The topological polar surface area (TPSA) is 12.4 Å². The molecule has 0 amide bonds. The summed E-state index contributed by atoms with van der Waals surface area (Å²) in [4.78, 5) is 4.28. The van der Waals surface area contributed by atoms with Crippen molar-refractivity contribution in [3.63, 3.8) is 0 Å². The highest BCUT2D eigenvalue weighted by molar-refractivity contribution is 8.02. The molecule has 0 aromatic carbocycles. The van der Waals surface area contributed by atoms with E-state index in [1.54, 1.807) is 11.8 Å². The van der Waals surface area contributed by atoms with Gasteiger partial charge in [0.25, 0.3) is 0 Å². The fourth-order valence-electron chi connectivity index (χ4n) is 0.612. The van der Waals surface area contributed by atoms with E-state index in [9.17, 15) is 0 Å². The van der Waals surface area contributed by atoms with E-state index in [1.165, 1.54) is 0 Å². The average molecular weight is 127 g/mol. The second-order valence-corrected chi connectivity index (χ2v) is 3.04. The molecule has 2 heteroatoms. The molecule has 1 heterocycles. The zero-order chi connectivity index (χ0) is 5.98. The molecule has 1 nitrogen and oxygen atoms in total. The summed E-state index contributed by atoms with van der Waals surface area (Å²) in [6.07, 6.45) is 2.03. The van der Waals surface area contributed by atoms with Crippen LogP contribution >= 0.6 is 11.8 Å². The van der Waals surface area contributed by atoms with Crippen molar-refractivity contribution in [3.8, 4) is 0 Å². The monoisotopic (exact) mass is 127 g/mol. The van der Waals surface area contributed by atoms with Crippen molar-refractivity contribution in [1.82, 2.24) is 0 Å². The second-order valence-electron chi connectivity index (χ2n) is 1.81. The van der Waals surface area contributed by atoms with Crippen molar-refractivity contribution in [2.24, 2.45) is 4.99 Å². The first-order chi connectivity index (χ1) is 3.79. The molecule has 0 aliphatic carbocycles. The average Bonchev–Trinajstić information content (AvgIpc) is 1.64. The molecular weight excluding hydrogens is 118 g/mol. The Balaban J connectivity index is 2.63. The molecule has 1 aliphatic heterocycles. The lowest BCUT2D eigenvalue weighted by Crippen LogP contribution is -1.98. The van der Waals surface area contributed by atoms with Gasteiger partial charge < -0.3 is 0 Å². The zero-order valence-corrected chi connectivity index (χ0v) is 5.90. The summed E-state index contributed by atoms with van der Waals surface area (Å²) in [5, 5.41) is 2.52. The standard InChI is InChI=1S/C6H9NS/c1-5-3-4-8-6(2)7-5/h3-4,6H,1-2H3. The maximum absolute atomic E-state index is 4.28. The van der Waals surface area contributed by atoms with Crippen LogP contribution in [0.4, 0.5) is 0 Å². The van der Waals surface area contributed by atoms with Gasteiger partial charge in [0.05, 0.1) is 5.37 Å². The first-order valence-corrected chi connectivity index (χ1v) is 3.60. The van der Waals surface area contributed by atoms with Crippen molar-refractivity contribution >= 4 is 17.5 Å². The molecule has 0 fully saturated rings. The molecule has 1 atom stereocenters. The molecule has 0 spiro atoms. The van der Waals surface area contributed by atoms with Crippen LogP contribution in [0.15, 0.2) is 16.5 Å². The van der Waals surface area contributed by atoms with Crippen LogP contribution in [0.5, 0.6) is 0 Å². The summed E-state index contributed by atoms with van der Waals surface area (Å²) in [6.45, 7) is 4.12. The van der Waals surface area contributed by atoms with Crippen LogP contribution in [-0.4, -0.2) is 11.1 Å². The zero-order valence-electron chi connectivity index (χ0n) is 5.09. The lowest BCUT2D eigenvalue weighted by atomic mass is 10.4. The van der Waals surface area contributed by atoms with Crippen LogP contribution in [0.25, 0.3) is 0 Å². The lowest BCUT2D eigenvalue weighted by Gasteiger charge is -2.06. The molecular formula is C6H9NS. The normalized spacial score (nSPS) is 27.8. The van der Waals surface area contributed by atoms with E-state index in [1.807, 2.05) is 13.0 Å². The first-order valence-electron chi connectivity index (χ1n) is 2.65. The molecule has 0 bridgehead atoms. The quantitative estimate of drug-likeness (QED) is 0.485. The molecule has 0 aromatic heterocycles. The lowest BCUT2D eigenvalue weighted by molar-refractivity contribution is 1.05. The smallest absolute Gasteiger partial charge is 0.0966 e. The number of rotatable bonds is 0. The van der Waals surface area contributed by atoms with Crippen LogP contribution in [0.3, 0.4) is 0 Å². The van der Waals surface area contributed by atoms with E-state index in [-0.39, 0.29) is 0 Å². The minimum atomic E-state index is 0.431. The summed E-state index contributed by atoms with van der Waals surface area (Å²) < 4.78 is 0. The van der Waals surface area contributed by atoms with E-state index in [0.29, 0.717) is 5.37 Å². The van der Waals surface area contributed by atoms with Crippen LogP contribution in [0.2, 0.25) is 0 Å². The SMILES string of the molecule is CC1=NC(C)SC=C1. The van der Waals surface area contributed by atoms with Gasteiger partial charge in [-0.2, -0.15) is 0 Å². The molecule has 8 heavy (non-hydrogen) atoms. The summed E-state index contributed by atoms with van der Waals surface area (Å²) in [7, 11) is 0. The van der Waals surface area contributed by atoms with E-state index in [0.717, 1.165) is 5.71 Å². The van der Waals surface area contributed by atoms with E-state index in [4.69, 9.17) is 0 Å². The predicted octanol–water partition coefficient (Wildman–Crippen LogP) is 2.05. The second kappa shape index (κ2) is 2.35. The Bertz CT molecular complexity index is 137. The van der Waals surface area contributed by atoms with Crippen LogP contribution < -0.4 is 0 Å². The fourth-order valence-corrected chi connectivity index (χ4v) is 1.34. The van der Waals surface area contributed by atoms with Gasteiger partial charge in [-0.1, -0.05) is 0 Å². The number of hydrogen-bond acceptors (Lipinski definition) is 2. The Labute approximate surface area is 53.9 Å². The third-order valence-corrected chi connectivity index (χ3v) is 1.76. The number of hydrogen-bond donors (Lipinski definition) is 0. The predicted molar refractivity (Wildman–Crippen MR) is 39.3 cm³/mol. The summed E-state index contributed by atoms with van der Waals surface area (Å²) in [5.74, 6) is 0. The van der Waals surface area contributed by atoms with Crippen molar-refractivity contribution in [2.75, 3.05) is 0 Å². The van der Waals surface area contributed by atoms with Gasteiger partial charge in [-0.3, -0.25) is 4.99 Å². The summed E-state index contributed by atoms with van der Waals surface area (Å²) in [5.41, 5.74) is 1.14. The number of aliphatic imine (C=N–C) groups is 1. The third-order valence-electron chi connectivity index (χ3n) is 0.970. The number of nitrogens with zero attached hydrogens (tertiary/aromatic N) is 1. The van der Waals surface area contributed by atoms with Gasteiger partial charge in [0, 0.05) is 5.71 Å². The highest BCUT2D eigenvalue weighted by Gasteiger charge is 1.99. The van der Waals surface area contributed by atoms with Crippen LogP contribution in [-0.2, 0) is 0 Å². The van der Waals surface area contributed by atoms with E-state index in [2.05, 4.69) is 17.3 Å². The Morgan fingerprint density at radius 1 is 1.75 bits per heavy atom. The van der Waals surface area contributed by atoms with Gasteiger partial charge in [-0.05, 0) is 25.3 Å². The van der Waals surface area contributed by atoms with Gasteiger partial charge in [0.2, 0.25) is 0 Å². The van der Waals surface area contributed by atoms with Crippen molar-refractivity contribution in [2.45, 2.75) is 19.2 Å².